The summed E-state index contributed by atoms with van der Waals surface area (Å²) >= 11 is 13.5. The van der Waals surface area contributed by atoms with E-state index < -0.39 is 0 Å². The van der Waals surface area contributed by atoms with Gasteiger partial charge < -0.3 is 4.90 Å². The van der Waals surface area contributed by atoms with Gasteiger partial charge in [-0.25, -0.2) is 0 Å². The Morgan fingerprint density at radius 2 is 1.72 bits per heavy atom. The quantitative estimate of drug-likeness (QED) is 0.692. The van der Waals surface area contributed by atoms with Crippen molar-refractivity contribution in [3.8, 4) is 0 Å². The van der Waals surface area contributed by atoms with E-state index in [1.807, 2.05) is 11.3 Å². The third-order valence-corrected chi connectivity index (χ3v) is 4.47. The summed E-state index contributed by atoms with van der Waals surface area (Å²) in [6.07, 6.45) is 1.08. The van der Waals surface area contributed by atoms with E-state index in [-0.39, 0.29) is 0 Å². The van der Waals surface area contributed by atoms with Crippen LogP contribution < -0.4 is 0 Å². The largest absolute Gasteiger partial charge is 0.301 e. The van der Waals surface area contributed by atoms with E-state index in [4.69, 9.17) is 23.2 Å². The van der Waals surface area contributed by atoms with E-state index in [1.54, 1.807) is 0 Å². The molecule has 1 nitrogen and oxygen atoms in total. The highest BCUT2D eigenvalue weighted by Gasteiger charge is 2.06. The van der Waals surface area contributed by atoms with Gasteiger partial charge in [-0.15, -0.1) is 34.5 Å². The highest BCUT2D eigenvalue weighted by atomic mass is 35.5. The summed E-state index contributed by atoms with van der Waals surface area (Å²) in [5.74, 6) is 1.34. The highest BCUT2D eigenvalue weighted by molar-refractivity contribution is 7.19. The first-order valence-corrected chi connectivity index (χ1v) is 8.04. The van der Waals surface area contributed by atoms with Crippen LogP contribution in [-0.2, 0) is 6.42 Å². The fraction of sp³-hybridized carbons (Fsp3) is 0.429. The third-order valence-electron chi connectivity index (χ3n) is 2.95. The minimum absolute atomic E-state index is 0.670. The molecule has 1 heterocycles. The van der Waals surface area contributed by atoms with Crippen LogP contribution in [0.2, 0.25) is 0 Å². The van der Waals surface area contributed by atoms with Crippen molar-refractivity contribution in [1.82, 2.24) is 4.90 Å². The predicted octanol–water partition coefficient (Wildman–Crippen LogP) is 4.22. The molecule has 1 aromatic heterocycles. The van der Waals surface area contributed by atoms with Crippen LogP contribution >= 0.6 is 34.5 Å². The molecular weight excluding hydrogens is 285 g/mol. The maximum Gasteiger partial charge on any atom is 0.0351 e. The zero-order chi connectivity index (χ0) is 12.8. The summed E-state index contributed by atoms with van der Waals surface area (Å²) in [7, 11) is 0. The van der Waals surface area contributed by atoms with Gasteiger partial charge in [0.25, 0.3) is 0 Å². The van der Waals surface area contributed by atoms with Gasteiger partial charge >= 0.3 is 0 Å². The Hall–Kier alpha value is -0.280. The molecule has 0 fully saturated rings. The van der Waals surface area contributed by atoms with Crippen LogP contribution in [0.3, 0.4) is 0 Å². The molecule has 0 bridgehead atoms. The number of rotatable bonds is 7. The topological polar surface area (TPSA) is 3.24 Å². The summed E-state index contributed by atoms with van der Waals surface area (Å²) in [6.45, 7) is 2.87. The van der Waals surface area contributed by atoms with Crippen molar-refractivity contribution < 1.29 is 0 Å². The Morgan fingerprint density at radius 3 is 2.39 bits per heavy atom. The van der Waals surface area contributed by atoms with Gasteiger partial charge in [0, 0.05) is 41.0 Å². The van der Waals surface area contributed by atoms with Crippen LogP contribution in [0.25, 0.3) is 10.1 Å². The first kappa shape index (κ1) is 14.1. The highest BCUT2D eigenvalue weighted by Crippen LogP contribution is 2.25. The second-order valence-corrected chi connectivity index (χ2v) is 6.14. The molecule has 0 amide bonds. The van der Waals surface area contributed by atoms with Crippen LogP contribution in [0.5, 0.6) is 0 Å². The SMILES string of the molecule is ClCCN(CCCl)CCc1cc2ccccc2s1. The van der Waals surface area contributed by atoms with Gasteiger partial charge in [-0.1, -0.05) is 18.2 Å². The molecular formula is C14H17Cl2NS. The van der Waals surface area contributed by atoms with Crippen LogP contribution in [0.4, 0.5) is 0 Å². The van der Waals surface area contributed by atoms with Crippen LogP contribution in [0.15, 0.2) is 30.3 Å². The van der Waals surface area contributed by atoms with Crippen LogP contribution in [0, 0.1) is 0 Å². The lowest BCUT2D eigenvalue weighted by Gasteiger charge is -2.19. The van der Waals surface area contributed by atoms with Crippen LogP contribution in [-0.4, -0.2) is 36.3 Å². The molecule has 0 aliphatic carbocycles. The van der Waals surface area contributed by atoms with Crippen molar-refractivity contribution in [3.63, 3.8) is 0 Å². The Bertz CT molecular complexity index is 444. The number of hydrogen-bond acceptors (Lipinski definition) is 2. The van der Waals surface area contributed by atoms with Crippen molar-refractivity contribution in [1.29, 1.82) is 0 Å². The number of alkyl halides is 2. The molecule has 0 saturated heterocycles. The third kappa shape index (κ3) is 3.86. The summed E-state index contributed by atoms with van der Waals surface area (Å²) in [5.41, 5.74) is 0. The van der Waals surface area contributed by atoms with Gasteiger partial charge in [-0.2, -0.15) is 0 Å². The molecule has 1 aromatic carbocycles. The van der Waals surface area contributed by atoms with Gasteiger partial charge in [0.05, 0.1) is 0 Å². The lowest BCUT2D eigenvalue weighted by Crippen LogP contribution is -2.29. The van der Waals surface area contributed by atoms with E-state index in [0.29, 0.717) is 11.8 Å². The average molecular weight is 302 g/mol. The normalized spacial score (nSPS) is 11.5. The first-order valence-electron chi connectivity index (χ1n) is 6.15. The van der Waals surface area contributed by atoms with Crippen molar-refractivity contribution in [3.05, 3.63) is 35.2 Å². The molecule has 4 heteroatoms. The lowest BCUT2D eigenvalue weighted by atomic mass is 10.2. The number of thiophene rings is 1. The molecule has 0 aliphatic rings. The molecule has 0 saturated carbocycles. The van der Waals surface area contributed by atoms with Crippen molar-refractivity contribution in [2.45, 2.75) is 6.42 Å². The molecule has 0 aliphatic heterocycles. The van der Waals surface area contributed by atoms with E-state index in [0.717, 1.165) is 26.1 Å². The Balaban J connectivity index is 1.95. The second kappa shape index (κ2) is 7.34. The Labute approximate surface area is 122 Å². The Kier molecular flexibility index (Phi) is 5.77. The minimum atomic E-state index is 0.670. The number of nitrogens with zero attached hydrogens (tertiary/aromatic N) is 1. The minimum Gasteiger partial charge on any atom is -0.301 e. The monoisotopic (exact) mass is 301 g/mol. The molecule has 0 spiro atoms. The fourth-order valence-corrected chi connectivity index (χ4v) is 3.53. The van der Waals surface area contributed by atoms with Crippen LogP contribution in [0.1, 0.15) is 4.88 Å². The summed E-state index contributed by atoms with van der Waals surface area (Å²) in [4.78, 5) is 3.76. The first-order chi connectivity index (χ1) is 8.83. The summed E-state index contributed by atoms with van der Waals surface area (Å²) in [5, 5.41) is 1.35. The predicted molar refractivity (Wildman–Crippen MR) is 83.4 cm³/mol. The molecule has 18 heavy (non-hydrogen) atoms. The maximum absolute atomic E-state index is 5.80. The van der Waals surface area contributed by atoms with Gasteiger partial charge in [-0.3, -0.25) is 0 Å². The Morgan fingerprint density at radius 1 is 1.00 bits per heavy atom. The molecule has 98 valence electrons. The van der Waals surface area contributed by atoms with Gasteiger partial charge in [-0.05, 0) is 23.9 Å². The van der Waals surface area contributed by atoms with Crippen molar-refractivity contribution >= 4 is 44.6 Å². The standard InChI is InChI=1S/C14H17Cl2NS/c15-6-9-17(10-7-16)8-5-13-11-12-3-1-2-4-14(12)18-13/h1-4,11H,5-10H2. The molecule has 0 atom stereocenters. The van der Waals surface area contributed by atoms with E-state index >= 15 is 0 Å². The number of halogens is 2. The molecule has 2 aromatic rings. The molecule has 2 rings (SSSR count). The molecule has 0 N–H and O–H groups in total. The maximum atomic E-state index is 5.80. The summed E-state index contributed by atoms with van der Waals surface area (Å²) < 4.78 is 1.37. The van der Waals surface area contributed by atoms with E-state index in [1.165, 1.54) is 15.0 Å². The van der Waals surface area contributed by atoms with E-state index in [2.05, 4.69) is 35.2 Å². The molecule has 0 unspecified atom stereocenters. The zero-order valence-electron chi connectivity index (χ0n) is 10.2. The van der Waals surface area contributed by atoms with E-state index in [9.17, 15) is 0 Å². The van der Waals surface area contributed by atoms with Gasteiger partial charge in [0.15, 0.2) is 0 Å². The van der Waals surface area contributed by atoms with Gasteiger partial charge in [0.1, 0.15) is 0 Å². The fourth-order valence-electron chi connectivity index (χ4n) is 2.00. The number of hydrogen-bond donors (Lipinski definition) is 0. The summed E-state index contributed by atoms with van der Waals surface area (Å²) in [6, 6.07) is 10.8. The van der Waals surface area contributed by atoms with Gasteiger partial charge in [0.2, 0.25) is 0 Å². The lowest BCUT2D eigenvalue weighted by molar-refractivity contribution is 0.312. The number of fused-ring (bicyclic) bond motifs is 1. The van der Waals surface area contributed by atoms with Crippen molar-refractivity contribution in [2.24, 2.45) is 0 Å². The average Bonchev–Trinajstić information content (AvgIpc) is 2.79. The molecule has 0 radical (unpaired) electrons. The van der Waals surface area contributed by atoms with Crippen molar-refractivity contribution in [2.75, 3.05) is 31.4 Å². The smallest absolute Gasteiger partial charge is 0.0351 e. The second-order valence-electron chi connectivity index (χ2n) is 4.22. The number of benzene rings is 1. The zero-order valence-corrected chi connectivity index (χ0v) is 12.6.